The molecule has 0 bridgehead atoms. The fourth-order valence-electron chi connectivity index (χ4n) is 0.595. The molecular formula is C5H10N2. The monoisotopic (exact) mass is 98.1 g/mol. The highest BCUT2D eigenvalue weighted by Gasteiger charge is 2.17. The van der Waals surface area contributed by atoms with E-state index in [0.717, 1.165) is 18.8 Å². The van der Waals surface area contributed by atoms with Crippen molar-refractivity contribution in [3.63, 3.8) is 0 Å². The van der Waals surface area contributed by atoms with Gasteiger partial charge in [0.2, 0.25) is 0 Å². The fraction of sp³-hybridized carbons (Fsp3) is 0.800. The molecule has 1 aliphatic rings. The zero-order chi connectivity index (χ0) is 5.28. The second-order valence-electron chi connectivity index (χ2n) is 2.04. The van der Waals surface area contributed by atoms with E-state index in [2.05, 4.69) is 5.32 Å². The van der Waals surface area contributed by atoms with Gasteiger partial charge in [-0.05, 0) is 6.92 Å². The van der Waals surface area contributed by atoms with Gasteiger partial charge in [0.25, 0.3) is 0 Å². The summed E-state index contributed by atoms with van der Waals surface area (Å²) >= 11 is 0. The van der Waals surface area contributed by atoms with Crippen molar-refractivity contribution in [1.29, 1.82) is 5.41 Å². The predicted octanol–water partition coefficient (Wildman–Crippen LogP) is 0.245. The van der Waals surface area contributed by atoms with Crippen molar-refractivity contribution >= 4 is 5.71 Å². The molecule has 1 fully saturated rings. The summed E-state index contributed by atoms with van der Waals surface area (Å²) in [6.07, 6.45) is 0. The molecule has 40 valence electrons. The normalized spacial score (nSPS) is 21.3. The summed E-state index contributed by atoms with van der Waals surface area (Å²) in [5.74, 6) is 0.556. The Labute approximate surface area is 43.4 Å². The third-order valence-corrected chi connectivity index (χ3v) is 1.39. The van der Waals surface area contributed by atoms with E-state index in [4.69, 9.17) is 5.41 Å². The average molecular weight is 98.1 g/mol. The molecule has 1 saturated heterocycles. The minimum Gasteiger partial charge on any atom is -0.315 e. The van der Waals surface area contributed by atoms with Gasteiger partial charge in [0.15, 0.2) is 0 Å². The Kier molecular flexibility index (Phi) is 1.11. The van der Waals surface area contributed by atoms with E-state index in [1.54, 1.807) is 0 Å². The summed E-state index contributed by atoms with van der Waals surface area (Å²) in [7, 11) is 0. The molecule has 0 unspecified atom stereocenters. The second-order valence-corrected chi connectivity index (χ2v) is 2.04. The summed E-state index contributed by atoms with van der Waals surface area (Å²) in [6, 6.07) is 0. The van der Waals surface area contributed by atoms with E-state index in [0.29, 0.717) is 5.92 Å². The molecule has 2 heteroatoms. The molecule has 0 amide bonds. The third-order valence-electron chi connectivity index (χ3n) is 1.39. The van der Waals surface area contributed by atoms with Gasteiger partial charge in [-0.25, -0.2) is 0 Å². The van der Waals surface area contributed by atoms with E-state index >= 15 is 0 Å². The molecule has 0 saturated carbocycles. The molecule has 1 rings (SSSR count). The third kappa shape index (κ3) is 0.800. The van der Waals surface area contributed by atoms with Crippen LogP contribution in [-0.2, 0) is 0 Å². The van der Waals surface area contributed by atoms with Crippen molar-refractivity contribution in [2.45, 2.75) is 6.92 Å². The van der Waals surface area contributed by atoms with Crippen LogP contribution in [-0.4, -0.2) is 18.8 Å². The smallest absolute Gasteiger partial charge is 0.0213 e. The molecule has 0 aromatic rings. The van der Waals surface area contributed by atoms with Crippen molar-refractivity contribution in [3.8, 4) is 0 Å². The van der Waals surface area contributed by atoms with Crippen LogP contribution in [0.2, 0.25) is 0 Å². The maximum Gasteiger partial charge on any atom is 0.0213 e. The zero-order valence-electron chi connectivity index (χ0n) is 4.49. The van der Waals surface area contributed by atoms with Gasteiger partial charge in [0.1, 0.15) is 0 Å². The highest BCUT2D eigenvalue weighted by molar-refractivity contribution is 5.82. The summed E-state index contributed by atoms with van der Waals surface area (Å²) in [6.45, 7) is 3.91. The molecule has 0 aromatic heterocycles. The van der Waals surface area contributed by atoms with Crippen LogP contribution in [0.3, 0.4) is 0 Å². The van der Waals surface area contributed by atoms with Crippen molar-refractivity contribution < 1.29 is 0 Å². The Bertz CT molecular complexity index is 84.1. The van der Waals surface area contributed by atoms with Gasteiger partial charge >= 0.3 is 0 Å². The van der Waals surface area contributed by atoms with E-state index in [1.807, 2.05) is 6.92 Å². The van der Waals surface area contributed by atoms with Crippen LogP contribution in [0.1, 0.15) is 6.92 Å². The van der Waals surface area contributed by atoms with Crippen LogP contribution < -0.4 is 5.32 Å². The number of rotatable bonds is 1. The fourth-order valence-corrected chi connectivity index (χ4v) is 0.595. The summed E-state index contributed by atoms with van der Waals surface area (Å²) in [4.78, 5) is 0. The van der Waals surface area contributed by atoms with Gasteiger partial charge in [-0.2, -0.15) is 0 Å². The summed E-state index contributed by atoms with van der Waals surface area (Å²) < 4.78 is 0. The van der Waals surface area contributed by atoms with Gasteiger partial charge < -0.3 is 10.7 Å². The molecule has 2 N–H and O–H groups in total. The Morgan fingerprint density at radius 3 is 2.29 bits per heavy atom. The minimum absolute atomic E-state index is 0.556. The molecule has 0 spiro atoms. The Morgan fingerprint density at radius 1 is 1.71 bits per heavy atom. The first kappa shape index (κ1) is 4.78. The summed E-state index contributed by atoms with van der Waals surface area (Å²) in [5, 5.41) is 10.2. The van der Waals surface area contributed by atoms with E-state index in [-0.39, 0.29) is 0 Å². The Balaban J connectivity index is 2.27. The van der Waals surface area contributed by atoms with Crippen LogP contribution in [0.5, 0.6) is 0 Å². The van der Waals surface area contributed by atoms with Gasteiger partial charge in [0, 0.05) is 24.7 Å². The lowest BCUT2D eigenvalue weighted by Crippen LogP contribution is -2.45. The first-order valence-electron chi connectivity index (χ1n) is 2.56. The molecule has 1 aliphatic heterocycles. The number of hydrogen-bond acceptors (Lipinski definition) is 2. The van der Waals surface area contributed by atoms with E-state index in [1.165, 1.54) is 0 Å². The van der Waals surface area contributed by atoms with Crippen molar-refractivity contribution in [2.24, 2.45) is 5.92 Å². The van der Waals surface area contributed by atoms with Crippen LogP contribution in [0.15, 0.2) is 0 Å². The van der Waals surface area contributed by atoms with E-state index < -0.39 is 0 Å². The molecule has 1 heterocycles. The molecule has 2 nitrogen and oxygen atoms in total. The van der Waals surface area contributed by atoms with Crippen molar-refractivity contribution in [2.75, 3.05) is 13.1 Å². The lowest BCUT2D eigenvalue weighted by Gasteiger charge is -2.25. The zero-order valence-corrected chi connectivity index (χ0v) is 4.49. The standard InChI is InChI=1S/C5H10N2/c1-4(6)5-2-7-3-5/h5-7H,2-3H2,1H3. The Morgan fingerprint density at radius 2 is 2.29 bits per heavy atom. The van der Waals surface area contributed by atoms with Gasteiger partial charge in [-0.1, -0.05) is 0 Å². The van der Waals surface area contributed by atoms with Gasteiger partial charge in [-0.3, -0.25) is 0 Å². The predicted molar refractivity (Wildman–Crippen MR) is 29.8 cm³/mol. The first-order valence-corrected chi connectivity index (χ1v) is 2.56. The summed E-state index contributed by atoms with van der Waals surface area (Å²) in [5.41, 5.74) is 0.818. The largest absolute Gasteiger partial charge is 0.315 e. The van der Waals surface area contributed by atoms with Crippen LogP contribution in [0.25, 0.3) is 0 Å². The molecule has 7 heavy (non-hydrogen) atoms. The quantitative estimate of drug-likeness (QED) is 0.453. The molecule has 0 aromatic carbocycles. The van der Waals surface area contributed by atoms with E-state index in [9.17, 15) is 0 Å². The molecule has 0 radical (unpaired) electrons. The second kappa shape index (κ2) is 1.62. The number of hydrogen-bond donors (Lipinski definition) is 2. The van der Waals surface area contributed by atoms with Crippen molar-refractivity contribution in [1.82, 2.24) is 5.32 Å². The topological polar surface area (TPSA) is 35.9 Å². The average Bonchev–Trinajstić information content (AvgIpc) is 1.23. The van der Waals surface area contributed by atoms with Gasteiger partial charge in [0.05, 0.1) is 0 Å². The van der Waals surface area contributed by atoms with Crippen LogP contribution in [0, 0.1) is 11.3 Å². The lowest BCUT2D eigenvalue weighted by atomic mass is 9.99. The van der Waals surface area contributed by atoms with Crippen LogP contribution in [0.4, 0.5) is 0 Å². The maximum atomic E-state index is 7.11. The maximum absolute atomic E-state index is 7.11. The SMILES string of the molecule is CC(=N)C1CNC1. The molecule has 0 atom stereocenters. The van der Waals surface area contributed by atoms with Crippen LogP contribution >= 0.6 is 0 Å². The number of nitrogens with one attached hydrogen (secondary N) is 2. The minimum atomic E-state index is 0.556. The highest BCUT2D eigenvalue weighted by Crippen LogP contribution is 2.02. The first-order chi connectivity index (χ1) is 3.30. The molecule has 0 aliphatic carbocycles. The highest BCUT2D eigenvalue weighted by atomic mass is 15.0. The lowest BCUT2D eigenvalue weighted by molar-refractivity contribution is 0.440. The molecular weight excluding hydrogens is 88.1 g/mol. The van der Waals surface area contributed by atoms with Crippen molar-refractivity contribution in [3.05, 3.63) is 0 Å². The Hall–Kier alpha value is -0.370. The van der Waals surface area contributed by atoms with Gasteiger partial charge in [-0.15, -0.1) is 0 Å².